The van der Waals surface area contributed by atoms with Gasteiger partial charge in [0.15, 0.2) is 0 Å². The first-order valence-corrected chi connectivity index (χ1v) is 6.57. The van der Waals surface area contributed by atoms with Crippen molar-refractivity contribution in [2.75, 3.05) is 7.11 Å². The van der Waals surface area contributed by atoms with Gasteiger partial charge in [-0.2, -0.15) is 0 Å². The molecule has 21 heavy (non-hydrogen) atoms. The largest absolute Gasteiger partial charge is 0.497 e. The van der Waals surface area contributed by atoms with Crippen molar-refractivity contribution in [3.05, 3.63) is 58.4 Å². The quantitative estimate of drug-likeness (QED) is 0.533. The minimum Gasteiger partial charge on any atom is -0.497 e. The third-order valence-electron chi connectivity index (χ3n) is 3.57. The predicted octanol–water partition coefficient (Wildman–Crippen LogP) is 2.57. The van der Waals surface area contributed by atoms with Crippen LogP contribution in [0.4, 0.5) is 0 Å². The Bertz CT molecular complexity index is 864. The van der Waals surface area contributed by atoms with Gasteiger partial charge in [-0.25, -0.2) is 4.79 Å². The molecule has 0 saturated carbocycles. The lowest BCUT2D eigenvalue weighted by atomic mass is 9.92. The van der Waals surface area contributed by atoms with E-state index in [1.165, 1.54) is 0 Å². The maximum absolute atomic E-state index is 12.3. The molecule has 3 nitrogen and oxygen atoms in total. The van der Waals surface area contributed by atoms with Gasteiger partial charge in [0, 0.05) is 11.5 Å². The van der Waals surface area contributed by atoms with Gasteiger partial charge < -0.3 is 9.15 Å². The van der Waals surface area contributed by atoms with Crippen molar-refractivity contribution >= 4 is 24.3 Å². The zero-order valence-electron chi connectivity index (χ0n) is 11.8. The van der Waals surface area contributed by atoms with Crippen molar-refractivity contribution in [2.24, 2.45) is 0 Å². The fraction of sp³-hybridized carbons (Fsp3) is 0.118. The molecule has 0 fully saturated rings. The van der Waals surface area contributed by atoms with Crippen LogP contribution < -0.4 is 15.8 Å². The minimum atomic E-state index is -0.363. The molecule has 0 aliphatic rings. The van der Waals surface area contributed by atoms with Crippen LogP contribution in [0.5, 0.6) is 5.75 Å². The van der Waals surface area contributed by atoms with Crippen molar-refractivity contribution in [1.82, 2.24) is 0 Å². The highest BCUT2D eigenvalue weighted by Crippen LogP contribution is 2.28. The first-order chi connectivity index (χ1) is 10.1. The molecular formula is C17H13BO3. The highest BCUT2D eigenvalue weighted by Gasteiger charge is 2.13. The fourth-order valence-electron chi connectivity index (χ4n) is 2.45. The molecule has 0 bridgehead atoms. The van der Waals surface area contributed by atoms with E-state index < -0.39 is 0 Å². The van der Waals surface area contributed by atoms with Gasteiger partial charge in [0.05, 0.1) is 12.7 Å². The van der Waals surface area contributed by atoms with Crippen molar-refractivity contribution in [3.63, 3.8) is 0 Å². The van der Waals surface area contributed by atoms with E-state index in [0.29, 0.717) is 22.4 Å². The third kappa shape index (κ3) is 2.33. The molecule has 0 spiro atoms. The summed E-state index contributed by atoms with van der Waals surface area (Å²) in [6, 6.07) is 12.7. The molecule has 0 amide bonds. The highest BCUT2D eigenvalue weighted by molar-refractivity contribution is 6.32. The molecule has 0 aliphatic heterocycles. The summed E-state index contributed by atoms with van der Waals surface area (Å²) in [6.45, 7) is 1.91. The van der Waals surface area contributed by atoms with Crippen molar-refractivity contribution in [3.8, 4) is 16.9 Å². The molecule has 4 heteroatoms. The van der Waals surface area contributed by atoms with Crippen molar-refractivity contribution < 1.29 is 9.15 Å². The van der Waals surface area contributed by atoms with Gasteiger partial charge in [-0.3, -0.25) is 0 Å². The molecule has 2 aromatic carbocycles. The summed E-state index contributed by atoms with van der Waals surface area (Å²) in [6.07, 6.45) is 0. The van der Waals surface area contributed by atoms with E-state index in [2.05, 4.69) is 0 Å². The average Bonchev–Trinajstić information content (AvgIpc) is 2.48. The van der Waals surface area contributed by atoms with Crippen LogP contribution in [0, 0.1) is 6.92 Å². The van der Waals surface area contributed by atoms with Crippen LogP contribution in [-0.4, -0.2) is 15.0 Å². The SMILES string of the molecule is [B]c1ccc(-c2c(C)c3ccc(OC)cc3oc2=O)cc1. The van der Waals surface area contributed by atoms with Crippen LogP contribution in [0.2, 0.25) is 0 Å². The highest BCUT2D eigenvalue weighted by atomic mass is 16.5. The number of aryl methyl sites for hydroxylation is 1. The lowest BCUT2D eigenvalue weighted by Crippen LogP contribution is -2.07. The number of methoxy groups -OCH3 is 1. The lowest BCUT2D eigenvalue weighted by Gasteiger charge is -2.09. The molecule has 0 aliphatic carbocycles. The van der Waals surface area contributed by atoms with Gasteiger partial charge in [-0.1, -0.05) is 29.7 Å². The van der Waals surface area contributed by atoms with Crippen LogP contribution in [0.3, 0.4) is 0 Å². The number of ether oxygens (including phenoxy) is 1. The molecule has 3 aromatic rings. The second-order valence-corrected chi connectivity index (χ2v) is 4.87. The maximum Gasteiger partial charge on any atom is 0.344 e. The molecule has 0 saturated heterocycles. The van der Waals surface area contributed by atoms with E-state index in [1.54, 1.807) is 25.3 Å². The summed E-state index contributed by atoms with van der Waals surface area (Å²) in [7, 11) is 7.27. The monoisotopic (exact) mass is 276 g/mol. The number of rotatable bonds is 2. The normalized spacial score (nSPS) is 10.8. The Morgan fingerprint density at radius 1 is 1.10 bits per heavy atom. The van der Waals surface area contributed by atoms with Gasteiger partial charge in [0.25, 0.3) is 0 Å². The second kappa shape index (κ2) is 5.13. The lowest BCUT2D eigenvalue weighted by molar-refractivity contribution is 0.414. The average molecular weight is 276 g/mol. The van der Waals surface area contributed by atoms with E-state index in [1.807, 2.05) is 31.2 Å². The Labute approximate surface area is 123 Å². The van der Waals surface area contributed by atoms with E-state index >= 15 is 0 Å². The summed E-state index contributed by atoms with van der Waals surface area (Å²) in [4.78, 5) is 12.3. The van der Waals surface area contributed by atoms with E-state index in [-0.39, 0.29) is 5.63 Å². The number of hydrogen-bond acceptors (Lipinski definition) is 3. The van der Waals surface area contributed by atoms with Gasteiger partial charge in [-0.15, -0.1) is 0 Å². The zero-order chi connectivity index (χ0) is 15.0. The van der Waals surface area contributed by atoms with Crippen LogP contribution in [0.25, 0.3) is 22.1 Å². The van der Waals surface area contributed by atoms with E-state index in [4.69, 9.17) is 17.0 Å². The zero-order valence-corrected chi connectivity index (χ0v) is 11.8. The first-order valence-electron chi connectivity index (χ1n) is 6.57. The fourth-order valence-corrected chi connectivity index (χ4v) is 2.45. The minimum absolute atomic E-state index is 0.363. The Kier molecular flexibility index (Phi) is 3.30. The molecule has 0 unspecified atom stereocenters. The second-order valence-electron chi connectivity index (χ2n) is 4.87. The van der Waals surface area contributed by atoms with E-state index in [0.717, 1.165) is 16.5 Å². The molecular weight excluding hydrogens is 263 g/mol. The molecule has 1 heterocycles. The maximum atomic E-state index is 12.3. The predicted molar refractivity (Wildman–Crippen MR) is 84.6 cm³/mol. The van der Waals surface area contributed by atoms with Gasteiger partial charge in [0.1, 0.15) is 19.2 Å². The summed E-state index contributed by atoms with van der Waals surface area (Å²) in [5, 5.41) is 0.891. The molecule has 2 radical (unpaired) electrons. The van der Waals surface area contributed by atoms with Crippen LogP contribution in [0.1, 0.15) is 5.56 Å². The van der Waals surface area contributed by atoms with Gasteiger partial charge >= 0.3 is 5.63 Å². The van der Waals surface area contributed by atoms with Crippen LogP contribution >= 0.6 is 0 Å². The Morgan fingerprint density at radius 2 is 1.81 bits per heavy atom. The van der Waals surface area contributed by atoms with Crippen LogP contribution in [0.15, 0.2) is 51.7 Å². The Hall–Kier alpha value is -2.49. The number of fused-ring (bicyclic) bond motifs is 1. The van der Waals surface area contributed by atoms with Gasteiger partial charge in [-0.05, 0) is 30.2 Å². The summed E-state index contributed by atoms with van der Waals surface area (Å²) in [5.74, 6) is 0.658. The molecule has 3 rings (SSSR count). The third-order valence-corrected chi connectivity index (χ3v) is 3.57. The van der Waals surface area contributed by atoms with Crippen molar-refractivity contribution in [1.29, 1.82) is 0 Å². The molecule has 102 valence electrons. The van der Waals surface area contributed by atoms with E-state index in [9.17, 15) is 4.79 Å². The summed E-state index contributed by atoms with van der Waals surface area (Å²) < 4.78 is 10.6. The molecule has 0 N–H and O–H groups in total. The Morgan fingerprint density at radius 3 is 2.48 bits per heavy atom. The standard InChI is InChI=1S/C17H13BO3/c1-10-14-8-7-13(20-2)9-15(14)21-17(19)16(10)11-3-5-12(18)6-4-11/h3-9H,1-2H3. The molecule has 1 aromatic heterocycles. The Balaban J connectivity index is 2.29. The number of hydrogen-bond donors (Lipinski definition) is 0. The molecule has 0 atom stereocenters. The smallest absolute Gasteiger partial charge is 0.344 e. The van der Waals surface area contributed by atoms with Gasteiger partial charge in [0.2, 0.25) is 0 Å². The van der Waals surface area contributed by atoms with Crippen LogP contribution in [-0.2, 0) is 0 Å². The first kappa shape index (κ1) is 13.5. The number of benzene rings is 2. The summed E-state index contributed by atoms with van der Waals surface area (Å²) >= 11 is 0. The topological polar surface area (TPSA) is 39.4 Å². The summed E-state index contributed by atoms with van der Waals surface area (Å²) in [5.41, 5.74) is 3.06. The van der Waals surface area contributed by atoms with Crippen molar-refractivity contribution in [2.45, 2.75) is 6.92 Å².